The van der Waals surface area contributed by atoms with Crippen LogP contribution >= 0.6 is 0 Å². The Kier molecular flexibility index (Phi) is 3.61. The molecule has 0 amide bonds. The summed E-state index contributed by atoms with van der Waals surface area (Å²) in [7, 11) is 0. The predicted molar refractivity (Wildman–Crippen MR) is 55.1 cm³/mol. The zero-order valence-corrected chi connectivity index (χ0v) is 9.14. The van der Waals surface area contributed by atoms with Gasteiger partial charge in [-0.05, 0) is 36.5 Å². The molecule has 3 atom stereocenters. The van der Waals surface area contributed by atoms with E-state index in [-0.39, 0.29) is 0 Å². The van der Waals surface area contributed by atoms with Crippen LogP contribution < -0.4 is 0 Å². The van der Waals surface area contributed by atoms with E-state index in [1.807, 2.05) is 0 Å². The molecule has 0 saturated heterocycles. The highest BCUT2D eigenvalue weighted by Crippen LogP contribution is 2.48. The molecule has 0 heteroatoms. The molecular weight excluding hydrogens is 144 g/mol. The van der Waals surface area contributed by atoms with Crippen LogP contribution in [0.3, 0.4) is 0 Å². The van der Waals surface area contributed by atoms with Gasteiger partial charge in [0.1, 0.15) is 0 Å². The fraction of sp³-hybridized carbons (Fsp3) is 1.00. The quantitative estimate of drug-likeness (QED) is 0.579. The van der Waals surface area contributed by atoms with E-state index in [2.05, 4.69) is 27.7 Å². The summed E-state index contributed by atoms with van der Waals surface area (Å²) in [5.74, 6) is 4.07. The van der Waals surface area contributed by atoms with Gasteiger partial charge in [0.05, 0.1) is 0 Å². The first-order chi connectivity index (χ1) is 5.65. The Morgan fingerprint density at radius 1 is 1.25 bits per heavy atom. The van der Waals surface area contributed by atoms with Crippen LogP contribution in [0.2, 0.25) is 0 Å². The van der Waals surface area contributed by atoms with Gasteiger partial charge >= 0.3 is 0 Å². The highest BCUT2D eigenvalue weighted by molar-refractivity contribution is 4.89. The van der Waals surface area contributed by atoms with Gasteiger partial charge < -0.3 is 0 Å². The van der Waals surface area contributed by atoms with Gasteiger partial charge in [-0.3, -0.25) is 0 Å². The van der Waals surface area contributed by atoms with Gasteiger partial charge in [-0.15, -0.1) is 0 Å². The van der Waals surface area contributed by atoms with Crippen molar-refractivity contribution in [2.75, 3.05) is 0 Å². The maximum atomic E-state index is 2.44. The fourth-order valence-corrected chi connectivity index (χ4v) is 2.59. The van der Waals surface area contributed by atoms with Gasteiger partial charge in [0.15, 0.2) is 0 Å². The van der Waals surface area contributed by atoms with Crippen LogP contribution in [0.15, 0.2) is 0 Å². The molecule has 1 aliphatic carbocycles. The first-order valence-corrected chi connectivity index (χ1v) is 5.65. The topological polar surface area (TPSA) is 0 Å². The van der Waals surface area contributed by atoms with Crippen molar-refractivity contribution in [3.63, 3.8) is 0 Å². The van der Waals surface area contributed by atoms with Crippen LogP contribution in [0.1, 0.15) is 53.4 Å². The lowest BCUT2D eigenvalue weighted by Gasteiger charge is -2.13. The van der Waals surface area contributed by atoms with Crippen molar-refractivity contribution in [3.8, 4) is 0 Å². The third kappa shape index (κ3) is 2.80. The maximum Gasteiger partial charge on any atom is -0.0357 e. The Hall–Kier alpha value is 0. The van der Waals surface area contributed by atoms with Crippen LogP contribution in [0, 0.1) is 23.7 Å². The number of hydrogen-bond acceptors (Lipinski definition) is 0. The van der Waals surface area contributed by atoms with Gasteiger partial charge in [-0.1, -0.05) is 40.5 Å². The van der Waals surface area contributed by atoms with Crippen molar-refractivity contribution >= 4 is 0 Å². The van der Waals surface area contributed by atoms with E-state index in [1.165, 1.54) is 25.7 Å². The maximum absolute atomic E-state index is 2.44. The molecular formula is C12H24. The van der Waals surface area contributed by atoms with Crippen molar-refractivity contribution in [3.05, 3.63) is 0 Å². The standard InChI is InChI=1S/C12H24/c1-5-6-11-8-12(11)10(4)7-9(2)3/h9-12H,5-8H2,1-4H3. The van der Waals surface area contributed by atoms with E-state index < -0.39 is 0 Å². The summed E-state index contributed by atoms with van der Waals surface area (Å²) in [6.45, 7) is 9.43. The lowest BCUT2D eigenvalue weighted by Crippen LogP contribution is -2.03. The minimum Gasteiger partial charge on any atom is -0.0654 e. The zero-order chi connectivity index (χ0) is 9.14. The highest BCUT2D eigenvalue weighted by Gasteiger charge is 2.39. The predicted octanol–water partition coefficient (Wildman–Crippen LogP) is 4.10. The van der Waals surface area contributed by atoms with Crippen molar-refractivity contribution in [2.24, 2.45) is 23.7 Å². The monoisotopic (exact) mass is 168 g/mol. The Morgan fingerprint density at radius 3 is 2.42 bits per heavy atom. The van der Waals surface area contributed by atoms with E-state index in [1.54, 1.807) is 0 Å². The molecule has 0 nitrogen and oxygen atoms in total. The minimum atomic E-state index is 0.892. The molecule has 0 N–H and O–H groups in total. The molecule has 1 saturated carbocycles. The van der Waals surface area contributed by atoms with Crippen LogP contribution in [-0.2, 0) is 0 Å². The van der Waals surface area contributed by atoms with E-state index in [0.717, 1.165) is 23.7 Å². The van der Waals surface area contributed by atoms with Gasteiger partial charge in [-0.25, -0.2) is 0 Å². The molecule has 0 aliphatic heterocycles. The molecule has 1 rings (SSSR count). The van der Waals surface area contributed by atoms with E-state index >= 15 is 0 Å². The largest absolute Gasteiger partial charge is 0.0654 e. The molecule has 72 valence electrons. The Balaban J connectivity index is 2.14. The minimum absolute atomic E-state index is 0.892. The Morgan fingerprint density at radius 2 is 1.92 bits per heavy atom. The van der Waals surface area contributed by atoms with Crippen LogP contribution in [0.25, 0.3) is 0 Å². The van der Waals surface area contributed by atoms with E-state index in [4.69, 9.17) is 0 Å². The smallest absolute Gasteiger partial charge is 0.0357 e. The van der Waals surface area contributed by atoms with Gasteiger partial charge in [-0.2, -0.15) is 0 Å². The van der Waals surface area contributed by atoms with Crippen molar-refractivity contribution in [2.45, 2.75) is 53.4 Å². The second kappa shape index (κ2) is 4.30. The first-order valence-electron chi connectivity index (χ1n) is 5.65. The van der Waals surface area contributed by atoms with Gasteiger partial charge in [0.25, 0.3) is 0 Å². The average molecular weight is 168 g/mol. The molecule has 0 bridgehead atoms. The molecule has 3 unspecified atom stereocenters. The Labute approximate surface area is 77.7 Å². The van der Waals surface area contributed by atoms with E-state index in [9.17, 15) is 0 Å². The molecule has 1 fully saturated rings. The van der Waals surface area contributed by atoms with Crippen molar-refractivity contribution in [1.82, 2.24) is 0 Å². The number of hydrogen-bond donors (Lipinski definition) is 0. The Bertz CT molecular complexity index is 126. The second-order valence-corrected chi connectivity index (χ2v) is 5.06. The summed E-state index contributed by atoms with van der Waals surface area (Å²) in [5, 5.41) is 0. The van der Waals surface area contributed by atoms with E-state index in [0.29, 0.717) is 0 Å². The third-order valence-electron chi connectivity index (χ3n) is 3.21. The highest BCUT2D eigenvalue weighted by atomic mass is 14.4. The normalized spacial score (nSPS) is 30.8. The molecule has 1 aliphatic rings. The van der Waals surface area contributed by atoms with Crippen LogP contribution in [-0.4, -0.2) is 0 Å². The molecule has 12 heavy (non-hydrogen) atoms. The van der Waals surface area contributed by atoms with Crippen molar-refractivity contribution < 1.29 is 0 Å². The van der Waals surface area contributed by atoms with Crippen molar-refractivity contribution in [1.29, 1.82) is 0 Å². The van der Waals surface area contributed by atoms with Gasteiger partial charge in [0.2, 0.25) is 0 Å². The molecule has 0 aromatic carbocycles. The fourth-order valence-electron chi connectivity index (χ4n) is 2.59. The first kappa shape index (κ1) is 10.1. The SMILES string of the molecule is CCCC1CC1C(C)CC(C)C. The average Bonchev–Trinajstić information content (AvgIpc) is 2.66. The molecule has 0 radical (unpaired) electrons. The van der Waals surface area contributed by atoms with Crippen LogP contribution in [0.5, 0.6) is 0 Å². The summed E-state index contributed by atoms with van der Waals surface area (Å²) in [6.07, 6.45) is 5.83. The molecule has 0 spiro atoms. The summed E-state index contributed by atoms with van der Waals surface area (Å²) in [5.41, 5.74) is 0. The summed E-state index contributed by atoms with van der Waals surface area (Å²) in [4.78, 5) is 0. The lowest BCUT2D eigenvalue weighted by atomic mass is 9.93. The molecule has 0 aromatic heterocycles. The second-order valence-electron chi connectivity index (χ2n) is 5.06. The third-order valence-corrected chi connectivity index (χ3v) is 3.21. The summed E-state index contributed by atoms with van der Waals surface area (Å²) >= 11 is 0. The lowest BCUT2D eigenvalue weighted by molar-refractivity contribution is 0.376. The zero-order valence-electron chi connectivity index (χ0n) is 9.14. The summed E-state index contributed by atoms with van der Waals surface area (Å²) in [6, 6.07) is 0. The van der Waals surface area contributed by atoms with Gasteiger partial charge in [0, 0.05) is 0 Å². The summed E-state index contributed by atoms with van der Waals surface area (Å²) < 4.78 is 0. The number of rotatable bonds is 5. The van der Waals surface area contributed by atoms with Crippen LogP contribution in [0.4, 0.5) is 0 Å². The molecule has 0 aromatic rings. The molecule has 0 heterocycles.